The predicted octanol–water partition coefficient (Wildman–Crippen LogP) is 1.83. The van der Waals surface area contributed by atoms with Gasteiger partial charge in [-0.05, 0) is 24.3 Å². The van der Waals surface area contributed by atoms with E-state index in [0.29, 0.717) is 22.9 Å². The second-order valence-electron chi connectivity index (χ2n) is 5.10. The van der Waals surface area contributed by atoms with Gasteiger partial charge >= 0.3 is 0 Å². The highest BCUT2D eigenvalue weighted by atomic mass is 16.5. The van der Waals surface area contributed by atoms with Crippen LogP contribution in [0.15, 0.2) is 36.4 Å². The lowest BCUT2D eigenvalue weighted by atomic mass is 10.2. The molecule has 0 spiro atoms. The number of carbonyl (C=O) groups excluding carboxylic acids is 2. The monoisotopic (exact) mass is 360 g/mol. The first-order chi connectivity index (χ1) is 12.5. The molecule has 2 amide bonds. The van der Waals surface area contributed by atoms with Gasteiger partial charge in [-0.25, -0.2) is 0 Å². The van der Waals surface area contributed by atoms with E-state index in [1.807, 2.05) is 0 Å². The minimum atomic E-state index is -0.684. The molecule has 0 aliphatic carbocycles. The number of methoxy groups -OCH3 is 3. The first-order valence-electron chi connectivity index (χ1n) is 7.61. The molecule has 0 unspecified atom stereocenters. The van der Waals surface area contributed by atoms with Gasteiger partial charge < -0.3 is 30.0 Å². The van der Waals surface area contributed by atoms with Crippen LogP contribution in [0.25, 0.3) is 0 Å². The maximum atomic E-state index is 12.2. The molecule has 0 saturated heterocycles. The molecule has 0 aliphatic heterocycles. The van der Waals surface area contributed by atoms with Crippen molar-refractivity contribution in [3.63, 3.8) is 0 Å². The van der Waals surface area contributed by atoms with E-state index in [9.17, 15) is 9.59 Å². The summed E-state index contributed by atoms with van der Waals surface area (Å²) in [6.07, 6.45) is 0. The predicted molar refractivity (Wildman–Crippen MR) is 95.2 cm³/mol. The maximum absolute atomic E-state index is 12.2. The number of para-hydroxylation sites is 1. The molecule has 8 nitrogen and oxygen atoms in total. The zero-order valence-electron chi connectivity index (χ0n) is 14.7. The van der Waals surface area contributed by atoms with Gasteiger partial charge in [-0.1, -0.05) is 6.07 Å². The largest absolute Gasteiger partial charge is 0.497 e. The molecule has 0 fully saturated rings. The van der Waals surface area contributed by atoms with Crippen LogP contribution in [0.3, 0.4) is 0 Å². The van der Waals surface area contributed by atoms with Gasteiger partial charge in [0.15, 0.2) is 18.1 Å². The van der Waals surface area contributed by atoms with Crippen molar-refractivity contribution in [3.05, 3.63) is 42.0 Å². The summed E-state index contributed by atoms with van der Waals surface area (Å²) < 4.78 is 20.9. The molecule has 0 bridgehead atoms. The van der Waals surface area contributed by atoms with Crippen LogP contribution in [0.5, 0.6) is 23.0 Å². The molecular weight excluding hydrogens is 340 g/mol. The number of nitrogens with two attached hydrogens (primary N) is 1. The molecule has 0 atom stereocenters. The Morgan fingerprint density at radius 2 is 1.73 bits per heavy atom. The van der Waals surface area contributed by atoms with E-state index in [2.05, 4.69) is 5.32 Å². The van der Waals surface area contributed by atoms with Crippen LogP contribution >= 0.6 is 0 Å². The fourth-order valence-corrected chi connectivity index (χ4v) is 2.25. The van der Waals surface area contributed by atoms with E-state index >= 15 is 0 Å². The smallest absolute Gasteiger partial charge is 0.262 e. The van der Waals surface area contributed by atoms with Gasteiger partial charge in [0, 0.05) is 6.07 Å². The third-order valence-corrected chi connectivity index (χ3v) is 3.49. The minimum Gasteiger partial charge on any atom is -0.497 e. The Hall–Kier alpha value is -3.42. The van der Waals surface area contributed by atoms with Crippen molar-refractivity contribution < 1.29 is 28.5 Å². The number of anilines is 1. The molecule has 0 radical (unpaired) electrons. The summed E-state index contributed by atoms with van der Waals surface area (Å²) in [5.74, 6) is 0.311. The molecule has 0 aromatic heterocycles. The summed E-state index contributed by atoms with van der Waals surface area (Å²) >= 11 is 0. The highest BCUT2D eigenvalue weighted by Crippen LogP contribution is 2.31. The highest BCUT2D eigenvalue weighted by molar-refractivity contribution is 5.97. The number of rotatable bonds is 8. The lowest BCUT2D eigenvalue weighted by molar-refractivity contribution is -0.118. The third-order valence-electron chi connectivity index (χ3n) is 3.49. The second kappa shape index (κ2) is 8.61. The topological polar surface area (TPSA) is 109 Å². The van der Waals surface area contributed by atoms with E-state index < -0.39 is 11.8 Å². The van der Waals surface area contributed by atoms with Crippen molar-refractivity contribution in [2.45, 2.75) is 0 Å². The molecule has 138 valence electrons. The number of hydrogen-bond donors (Lipinski definition) is 2. The van der Waals surface area contributed by atoms with E-state index in [1.165, 1.54) is 27.4 Å². The molecule has 2 aromatic carbocycles. The van der Waals surface area contributed by atoms with Crippen molar-refractivity contribution in [3.8, 4) is 23.0 Å². The fourth-order valence-electron chi connectivity index (χ4n) is 2.25. The molecule has 0 aliphatic rings. The summed E-state index contributed by atoms with van der Waals surface area (Å²) in [7, 11) is 4.44. The summed E-state index contributed by atoms with van der Waals surface area (Å²) in [5.41, 5.74) is 5.91. The summed E-state index contributed by atoms with van der Waals surface area (Å²) in [5, 5.41) is 2.67. The van der Waals surface area contributed by atoms with Gasteiger partial charge in [0.1, 0.15) is 11.5 Å². The maximum Gasteiger partial charge on any atom is 0.262 e. The average Bonchev–Trinajstić information content (AvgIpc) is 2.66. The number of ether oxygens (including phenoxy) is 4. The van der Waals surface area contributed by atoms with E-state index in [-0.39, 0.29) is 17.9 Å². The van der Waals surface area contributed by atoms with Crippen molar-refractivity contribution in [1.29, 1.82) is 0 Å². The van der Waals surface area contributed by atoms with E-state index in [1.54, 1.807) is 30.3 Å². The first kappa shape index (κ1) is 18.9. The van der Waals surface area contributed by atoms with E-state index in [4.69, 9.17) is 24.7 Å². The van der Waals surface area contributed by atoms with Gasteiger partial charge in [-0.15, -0.1) is 0 Å². The van der Waals surface area contributed by atoms with Crippen LogP contribution in [-0.2, 0) is 4.79 Å². The number of hydrogen-bond acceptors (Lipinski definition) is 6. The summed E-state index contributed by atoms with van der Waals surface area (Å²) in [6.45, 7) is -0.351. The Labute approximate surface area is 150 Å². The number of carbonyl (C=O) groups is 2. The van der Waals surface area contributed by atoms with E-state index in [0.717, 1.165) is 0 Å². The van der Waals surface area contributed by atoms with Crippen LogP contribution < -0.4 is 30.0 Å². The molecular formula is C18H20N2O6. The second-order valence-corrected chi connectivity index (χ2v) is 5.10. The Balaban J connectivity index is 2.12. The average molecular weight is 360 g/mol. The summed E-state index contributed by atoms with van der Waals surface area (Å²) in [6, 6.07) is 9.67. The Morgan fingerprint density at radius 3 is 2.35 bits per heavy atom. The van der Waals surface area contributed by atoms with Crippen LogP contribution in [0.2, 0.25) is 0 Å². The molecule has 8 heteroatoms. The van der Waals surface area contributed by atoms with Gasteiger partial charge in [-0.2, -0.15) is 0 Å². The highest BCUT2D eigenvalue weighted by Gasteiger charge is 2.17. The van der Waals surface area contributed by atoms with Gasteiger partial charge in [0.25, 0.3) is 11.8 Å². The lowest BCUT2D eigenvalue weighted by Gasteiger charge is -2.14. The zero-order chi connectivity index (χ0) is 19.1. The van der Waals surface area contributed by atoms with Crippen LogP contribution in [-0.4, -0.2) is 39.8 Å². The van der Waals surface area contributed by atoms with Crippen molar-refractivity contribution >= 4 is 17.5 Å². The minimum absolute atomic E-state index is 0.111. The molecule has 26 heavy (non-hydrogen) atoms. The number of nitrogens with one attached hydrogen (secondary N) is 1. The Morgan fingerprint density at radius 1 is 1.00 bits per heavy atom. The van der Waals surface area contributed by atoms with Gasteiger partial charge in [0.2, 0.25) is 0 Å². The Bertz CT molecular complexity index is 806. The standard InChI is InChI=1S/C18H20N2O6/c1-23-11-7-8-13(15(9-11)25-3)20-16(21)10-26-17-12(18(19)22)5-4-6-14(17)24-2/h4-9H,10H2,1-3H3,(H2,19,22)(H,20,21). The van der Waals surface area contributed by atoms with Crippen molar-refractivity contribution in [2.75, 3.05) is 33.3 Å². The van der Waals surface area contributed by atoms with Gasteiger partial charge in [0.05, 0.1) is 32.6 Å². The fraction of sp³-hybridized carbons (Fsp3) is 0.222. The summed E-state index contributed by atoms with van der Waals surface area (Å²) in [4.78, 5) is 23.7. The van der Waals surface area contributed by atoms with Crippen molar-refractivity contribution in [1.82, 2.24) is 0 Å². The van der Waals surface area contributed by atoms with Gasteiger partial charge in [-0.3, -0.25) is 9.59 Å². The first-order valence-corrected chi connectivity index (χ1v) is 7.61. The van der Waals surface area contributed by atoms with Crippen molar-refractivity contribution in [2.24, 2.45) is 5.73 Å². The molecule has 3 N–H and O–H groups in total. The Kier molecular flexibility index (Phi) is 6.26. The quantitative estimate of drug-likeness (QED) is 0.743. The third kappa shape index (κ3) is 4.35. The van der Waals surface area contributed by atoms with Crippen LogP contribution in [0.4, 0.5) is 5.69 Å². The molecule has 2 aromatic rings. The number of primary amides is 1. The lowest BCUT2D eigenvalue weighted by Crippen LogP contribution is -2.22. The number of amides is 2. The molecule has 0 heterocycles. The molecule has 2 rings (SSSR count). The molecule has 0 saturated carbocycles. The SMILES string of the molecule is COc1ccc(NC(=O)COc2c(OC)cccc2C(N)=O)c(OC)c1. The van der Waals surface area contributed by atoms with Crippen LogP contribution in [0.1, 0.15) is 10.4 Å². The normalized spacial score (nSPS) is 9.96. The number of benzene rings is 2. The zero-order valence-corrected chi connectivity index (χ0v) is 14.7. The van der Waals surface area contributed by atoms with Crippen LogP contribution in [0, 0.1) is 0 Å².